The van der Waals surface area contributed by atoms with Gasteiger partial charge in [-0.2, -0.15) is 0 Å². The molecular weight excluding hydrogens is 500 g/mol. The molecule has 3 aromatic rings. The molecular formula is C28H29F2NO7. The number of rotatable bonds is 11. The van der Waals surface area contributed by atoms with Crippen LogP contribution in [0.3, 0.4) is 0 Å². The van der Waals surface area contributed by atoms with Gasteiger partial charge in [0.05, 0.1) is 27.2 Å². The summed E-state index contributed by atoms with van der Waals surface area (Å²) in [6, 6.07) is 9.85. The second kappa shape index (κ2) is 12.4. The molecule has 0 amide bonds. The number of carbonyl (C=O) groups is 2. The van der Waals surface area contributed by atoms with E-state index in [4.69, 9.17) is 18.9 Å². The van der Waals surface area contributed by atoms with Crippen molar-refractivity contribution in [2.75, 3.05) is 21.3 Å². The van der Waals surface area contributed by atoms with E-state index in [0.29, 0.717) is 11.1 Å². The lowest BCUT2D eigenvalue weighted by molar-refractivity contribution is -0.153. The predicted molar refractivity (Wildman–Crippen MR) is 134 cm³/mol. The van der Waals surface area contributed by atoms with E-state index in [9.17, 15) is 23.5 Å². The monoisotopic (exact) mass is 529 g/mol. The van der Waals surface area contributed by atoms with Crippen LogP contribution in [-0.2, 0) is 9.53 Å². The number of methoxy groups -OCH3 is 3. The molecule has 1 N–H and O–H groups in total. The van der Waals surface area contributed by atoms with Crippen LogP contribution in [0, 0.1) is 17.6 Å². The van der Waals surface area contributed by atoms with Crippen molar-refractivity contribution in [1.82, 2.24) is 4.98 Å². The van der Waals surface area contributed by atoms with Gasteiger partial charge in [-0.25, -0.2) is 13.8 Å². The fraction of sp³-hybridized carbons (Fsp3) is 0.321. The van der Waals surface area contributed by atoms with Crippen molar-refractivity contribution in [3.8, 4) is 23.0 Å². The molecule has 0 fully saturated rings. The zero-order valence-electron chi connectivity index (χ0n) is 21.7. The number of halogens is 2. The van der Waals surface area contributed by atoms with Crippen LogP contribution in [0.2, 0.25) is 0 Å². The van der Waals surface area contributed by atoms with Gasteiger partial charge in [-0.3, -0.25) is 9.59 Å². The minimum Gasteiger partial charge on any atom is -0.503 e. The lowest BCUT2D eigenvalue weighted by atomic mass is 9.86. The maximum atomic E-state index is 14.1. The van der Waals surface area contributed by atoms with Gasteiger partial charge in [-0.15, -0.1) is 0 Å². The summed E-state index contributed by atoms with van der Waals surface area (Å²) in [6.45, 7) is 3.15. The third-order valence-corrected chi connectivity index (χ3v) is 6.11. The number of aromatic hydroxyl groups is 1. The number of aromatic nitrogens is 1. The van der Waals surface area contributed by atoms with Crippen molar-refractivity contribution in [3.05, 3.63) is 77.1 Å². The van der Waals surface area contributed by atoms with E-state index < -0.39 is 47.1 Å². The Kier molecular flexibility index (Phi) is 9.22. The number of ether oxygens (including phenoxy) is 4. The molecule has 0 aliphatic carbocycles. The molecule has 0 aliphatic heterocycles. The number of hydrogen-bond donors (Lipinski definition) is 1. The number of Topliss-reactive ketones (excluding diaryl/α,β-unsaturated/α-hetero) is 1. The highest BCUT2D eigenvalue weighted by Gasteiger charge is 2.30. The Balaban J connectivity index is 1.86. The van der Waals surface area contributed by atoms with Crippen LogP contribution >= 0.6 is 0 Å². The number of carbonyl (C=O) groups excluding carboxylic acids is 2. The molecule has 0 radical (unpaired) electrons. The Morgan fingerprint density at radius 3 is 1.89 bits per heavy atom. The summed E-state index contributed by atoms with van der Waals surface area (Å²) in [4.78, 5) is 29.6. The van der Waals surface area contributed by atoms with Crippen molar-refractivity contribution in [2.45, 2.75) is 32.3 Å². The van der Waals surface area contributed by atoms with Crippen LogP contribution in [0.4, 0.5) is 8.78 Å². The van der Waals surface area contributed by atoms with Crippen molar-refractivity contribution in [3.63, 3.8) is 0 Å². The Morgan fingerprint density at radius 2 is 1.39 bits per heavy atom. The molecule has 8 nitrogen and oxygen atoms in total. The average molecular weight is 530 g/mol. The average Bonchev–Trinajstić information content (AvgIpc) is 2.90. The summed E-state index contributed by atoms with van der Waals surface area (Å²) in [5.74, 6) is -4.28. The van der Waals surface area contributed by atoms with Crippen LogP contribution in [0.5, 0.6) is 23.0 Å². The molecule has 0 bridgehead atoms. The molecule has 0 aliphatic rings. The minimum absolute atomic E-state index is 0.00957. The molecule has 0 unspecified atom stereocenters. The van der Waals surface area contributed by atoms with E-state index in [2.05, 4.69) is 4.98 Å². The standard InChI is InChI=1S/C28H29F2NO7/c1-15(12-21(32)26-27(33)22(35-3)10-11-31-26)28(34)38-16(2)25(17-6-8-19(29)23(13-17)36-4)18-7-9-20(30)24(14-18)37-5/h6-11,13-16,25,33H,12H2,1-5H3/t15-,16+/m1/s1. The summed E-state index contributed by atoms with van der Waals surface area (Å²) in [7, 11) is 4.00. The molecule has 38 heavy (non-hydrogen) atoms. The predicted octanol–water partition coefficient (Wildman–Crippen LogP) is 5.06. The quantitative estimate of drug-likeness (QED) is 0.271. The Labute approximate surface area is 219 Å². The minimum atomic E-state index is -0.886. The Bertz CT molecular complexity index is 1260. The summed E-state index contributed by atoms with van der Waals surface area (Å²) in [5, 5.41) is 10.2. The van der Waals surface area contributed by atoms with E-state index in [-0.39, 0.29) is 29.4 Å². The summed E-state index contributed by atoms with van der Waals surface area (Å²) < 4.78 is 49.2. The van der Waals surface area contributed by atoms with E-state index in [0.717, 1.165) is 0 Å². The van der Waals surface area contributed by atoms with E-state index in [1.807, 2.05) is 0 Å². The second-order valence-electron chi connectivity index (χ2n) is 8.65. The molecule has 1 aromatic heterocycles. The largest absolute Gasteiger partial charge is 0.503 e. The highest BCUT2D eigenvalue weighted by Crippen LogP contribution is 2.36. The van der Waals surface area contributed by atoms with Crippen LogP contribution < -0.4 is 14.2 Å². The van der Waals surface area contributed by atoms with Gasteiger partial charge in [0.25, 0.3) is 0 Å². The third kappa shape index (κ3) is 6.19. The first kappa shape index (κ1) is 28.4. The summed E-state index contributed by atoms with van der Waals surface area (Å²) in [6.07, 6.45) is 0.211. The Hall–Kier alpha value is -4.21. The molecule has 1 heterocycles. The maximum absolute atomic E-state index is 14.1. The van der Waals surface area contributed by atoms with Gasteiger partial charge in [-0.1, -0.05) is 19.1 Å². The number of ketones is 1. The molecule has 202 valence electrons. The maximum Gasteiger partial charge on any atom is 0.309 e. The molecule has 2 atom stereocenters. The first-order chi connectivity index (χ1) is 18.1. The Morgan fingerprint density at radius 1 is 0.868 bits per heavy atom. The smallest absolute Gasteiger partial charge is 0.309 e. The molecule has 10 heteroatoms. The van der Waals surface area contributed by atoms with E-state index in [1.165, 1.54) is 76.9 Å². The van der Waals surface area contributed by atoms with Gasteiger partial charge < -0.3 is 24.1 Å². The highest BCUT2D eigenvalue weighted by molar-refractivity contribution is 5.99. The van der Waals surface area contributed by atoms with Crippen LogP contribution in [0.25, 0.3) is 0 Å². The van der Waals surface area contributed by atoms with Crippen molar-refractivity contribution < 1.29 is 42.4 Å². The molecule has 0 saturated heterocycles. The number of nitrogens with zero attached hydrogens (tertiary/aromatic N) is 1. The van der Waals surface area contributed by atoms with Gasteiger partial charge in [0, 0.05) is 24.6 Å². The van der Waals surface area contributed by atoms with Crippen LogP contribution in [0.15, 0.2) is 48.7 Å². The fourth-order valence-corrected chi connectivity index (χ4v) is 4.10. The fourth-order valence-electron chi connectivity index (χ4n) is 4.10. The third-order valence-electron chi connectivity index (χ3n) is 6.11. The molecule has 3 rings (SSSR count). The van der Waals surface area contributed by atoms with Gasteiger partial charge in [0.2, 0.25) is 0 Å². The first-order valence-corrected chi connectivity index (χ1v) is 11.7. The van der Waals surface area contributed by atoms with Gasteiger partial charge in [-0.05, 0) is 42.3 Å². The zero-order chi connectivity index (χ0) is 28.0. The lowest BCUT2D eigenvalue weighted by Gasteiger charge is -2.27. The SMILES string of the molecule is COc1cc(C(c2ccc(F)c(OC)c2)[C@H](C)OC(=O)[C@H](C)CC(=O)c2nccc(OC)c2O)ccc1F. The normalized spacial score (nSPS) is 12.5. The lowest BCUT2D eigenvalue weighted by Crippen LogP contribution is -2.28. The van der Waals surface area contributed by atoms with Crippen molar-refractivity contribution in [1.29, 1.82) is 0 Å². The summed E-state index contributed by atoms with van der Waals surface area (Å²) in [5.41, 5.74) is 0.879. The van der Waals surface area contributed by atoms with Crippen molar-refractivity contribution in [2.24, 2.45) is 5.92 Å². The van der Waals surface area contributed by atoms with Gasteiger partial charge >= 0.3 is 5.97 Å². The van der Waals surface area contributed by atoms with Crippen LogP contribution in [0.1, 0.15) is 47.8 Å². The topological polar surface area (TPSA) is 104 Å². The van der Waals surface area contributed by atoms with Gasteiger partial charge in [0.1, 0.15) is 6.10 Å². The van der Waals surface area contributed by atoms with Crippen LogP contribution in [-0.4, -0.2) is 49.3 Å². The highest BCUT2D eigenvalue weighted by atomic mass is 19.1. The summed E-state index contributed by atoms with van der Waals surface area (Å²) >= 11 is 0. The second-order valence-corrected chi connectivity index (χ2v) is 8.65. The molecule has 0 spiro atoms. The molecule has 0 saturated carbocycles. The van der Waals surface area contributed by atoms with Gasteiger partial charge in [0.15, 0.2) is 46.1 Å². The number of pyridine rings is 1. The number of hydrogen-bond acceptors (Lipinski definition) is 8. The first-order valence-electron chi connectivity index (χ1n) is 11.7. The molecule has 2 aromatic carbocycles. The van der Waals surface area contributed by atoms with Crippen molar-refractivity contribution >= 4 is 11.8 Å². The zero-order valence-corrected chi connectivity index (χ0v) is 21.7. The number of benzene rings is 2. The van der Waals surface area contributed by atoms with E-state index in [1.54, 1.807) is 6.92 Å². The number of esters is 1. The van der Waals surface area contributed by atoms with E-state index >= 15 is 0 Å².